The molecule has 0 aliphatic carbocycles. The van der Waals surface area contributed by atoms with Crippen molar-refractivity contribution in [2.24, 2.45) is 0 Å². The molecule has 1 amide bonds. The van der Waals surface area contributed by atoms with Crippen LogP contribution in [0.25, 0.3) is 0 Å². The van der Waals surface area contributed by atoms with Gasteiger partial charge in [-0.3, -0.25) is 9.69 Å². The lowest BCUT2D eigenvalue weighted by molar-refractivity contribution is -0.142. The zero-order valence-electron chi connectivity index (χ0n) is 13.9. The quantitative estimate of drug-likeness (QED) is 0.835. The van der Waals surface area contributed by atoms with E-state index in [-0.39, 0.29) is 5.91 Å². The van der Waals surface area contributed by atoms with Crippen LogP contribution in [0.4, 0.5) is 0 Å². The molecule has 1 aromatic carbocycles. The van der Waals surface area contributed by atoms with Gasteiger partial charge in [-0.15, -0.1) is 11.3 Å². The standard InChI is InChI=1S/C18H23N3O2S/c1-23-17(15-6-3-2-4-7-15)18(22)21-9-5-8-20(10-11-21)12-16-13-24-14-19-16/h2-4,6-7,13-14,17H,5,8-12H2,1H3/t17-/m0/s1. The Hall–Kier alpha value is -1.76. The van der Waals surface area contributed by atoms with Gasteiger partial charge < -0.3 is 9.64 Å². The van der Waals surface area contributed by atoms with E-state index < -0.39 is 6.10 Å². The molecule has 6 heteroatoms. The summed E-state index contributed by atoms with van der Waals surface area (Å²) in [5.74, 6) is 0.0548. The molecule has 0 bridgehead atoms. The van der Waals surface area contributed by atoms with Crippen molar-refractivity contribution in [2.45, 2.75) is 19.1 Å². The smallest absolute Gasteiger partial charge is 0.256 e. The van der Waals surface area contributed by atoms with Crippen LogP contribution in [0.3, 0.4) is 0 Å². The number of hydrogen-bond donors (Lipinski definition) is 0. The molecule has 3 rings (SSSR count). The molecule has 2 aromatic rings. The summed E-state index contributed by atoms with van der Waals surface area (Å²) < 4.78 is 5.49. The van der Waals surface area contributed by atoms with Crippen LogP contribution in [0.15, 0.2) is 41.2 Å². The summed E-state index contributed by atoms with van der Waals surface area (Å²) in [4.78, 5) is 21.5. The Labute approximate surface area is 146 Å². The van der Waals surface area contributed by atoms with Crippen molar-refractivity contribution >= 4 is 17.2 Å². The SMILES string of the molecule is CO[C@H](C(=O)N1CCCN(Cc2cscn2)CC1)c1ccccc1. The first kappa shape index (κ1) is 17.1. The van der Waals surface area contributed by atoms with Crippen molar-refractivity contribution in [2.75, 3.05) is 33.3 Å². The van der Waals surface area contributed by atoms with E-state index in [1.807, 2.05) is 40.7 Å². The number of carbonyl (C=O) groups is 1. The highest BCUT2D eigenvalue weighted by Crippen LogP contribution is 2.20. The van der Waals surface area contributed by atoms with E-state index in [9.17, 15) is 4.79 Å². The normalized spacial score (nSPS) is 17.5. The number of aromatic nitrogens is 1. The Balaban J connectivity index is 1.61. The van der Waals surface area contributed by atoms with Gasteiger partial charge in [0.15, 0.2) is 6.10 Å². The number of rotatable bonds is 5. The van der Waals surface area contributed by atoms with Crippen LogP contribution in [0, 0.1) is 0 Å². The minimum atomic E-state index is -0.517. The van der Waals surface area contributed by atoms with E-state index in [1.165, 1.54) is 0 Å². The zero-order valence-corrected chi connectivity index (χ0v) is 14.7. The van der Waals surface area contributed by atoms with E-state index in [0.717, 1.165) is 50.4 Å². The Morgan fingerprint density at radius 3 is 2.79 bits per heavy atom. The summed E-state index contributed by atoms with van der Waals surface area (Å²) in [5.41, 5.74) is 3.89. The Kier molecular flexibility index (Phi) is 5.96. The third-order valence-electron chi connectivity index (χ3n) is 4.33. The average Bonchev–Trinajstić information content (AvgIpc) is 3.01. The predicted molar refractivity (Wildman–Crippen MR) is 94.8 cm³/mol. The molecule has 1 saturated heterocycles. The second kappa shape index (κ2) is 8.37. The lowest BCUT2D eigenvalue weighted by Gasteiger charge is -2.26. The maximum atomic E-state index is 12.9. The summed E-state index contributed by atoms with van der Waals surface area (Å²) in [6.45, 7) is 4.23. The van der Waals surface area contributed by atoms with Crippen molar-refractivity contribution in [1.82, 2.24) is 14.8 Å². The van der Waals surface area contributed by atoms with Crippen LogP contribution in [-0.4, -0.2) is 54.0 Å². The van der Waals surface area contributed by atoms with Gasteiger partial charge in [0.05, 0.1) is 11.2 Å². The van der Waals surface area contributed by atoms with Crippen molar-refractivity contribution in [1.29, 1.82) is 0 Å². The maximum absolute atomic E-state index is 12.9. The molecule has 2 heterocycles. The van der Waals surface area contributed by atoms with Crippen LogP contribution < -0.4 is 0 Å². The highest BCUT2D eigenvalue weighted by Gasteiger charge is 2.27. The molecule has 0 radical (unpaired) electrons. The second-order valence-corrected chi connectivity index (χ2v) is 6.68. The van der Waals surface area contributed by atoms with E-state index in [0.29, 0.717) is 0 Å². The first-order chi connectivity index (χ1) is 11.8. The number of thiazole rings is 1. The van der Waals surface area contributed by atoms with E-state index in [4.69, 9.17) is 4.74 Å². The van der Waals surface area contributed by atoms with E-state index in [2.05, 4.69) is 15.3 Å². The molecule has 1 aliphatic rings. The molecule has 1 fully saturated rings. The van der Waals surface area contributed by atoms with Gasteiger partial charge in [0, 0.05) is 45.2 Å². The molecule has 0 spiro atoms. The average molecular weight is 345 g/mol. The molecule has 1 aromatic heterocycles. The number of carbonyl (C=O) groups excluding carboxylic acids is 1. The maximum Gasteiger partial charge on any atom is 0.256 e. The molecule has 0 saturated carbocycles. The van der Waals surface area contributed by atoms with Crippen LogP contribution in [0.1, 0.15) is 23.8 Å². The second-order valence-electron chi connectivity index (χ2n) is 5.96. The third-order valence-corrected chi connectivity index (χ3v) is 4.97. The van der Waals surface area contributed by atoms with Crippen molar-refractivity contribution in [3.05, 3.63) is 52.5 Å². The minimum absolute atomic E-state index is 0.0548. The van der Waals surface area contributed by atoms with Crippen LogP contribution in [-0.2, 0) is 16.1 Å². The molecular formula is C18H23N3O2S. The highest BCUT2D eigenvalue weighted by molar-refractivity contribution is 7.07. The monoisotopic (exact) mass is 345 g/mol. The molecule has 0 N–H and O–H groups in total. The Bertz CT molecular complexity index is 633. The fraction of sp³-hybridized carbons (Fsp3) is 0.444. The Morgan fingerprint density at radius 1 is 1.25 bits per heavy atom. The van der Waals surface area contributed by atoms with Gasteiger partial charge in [0.25, 0.3) is 5.91 Å². The Morgan fingerprint density at radius 2 is 2.08 bits per heavy atom. The van der Waals surface area contributed by atoms with Crippen molar-refractivity contribution < 1.29 is 9.53 Å². The summed E-state index contributed by atoms with van der Waals surface area (Å²) >= 11 is 1.62. The number of ether oxygens (including phenoxy) is 1. The fourth-order valence-corrected chi connectivity index (χ4v) is 3.62. The number of methoxy groups -OCH3 is 1. The largest absolute Gasteiger partial charge is 0.367 e. The molecule has 24 heavy (non-hydrogen) atoms. The molecule has 0 unspecified atom stereocenters. The summed E-state index contributed by atoms with van der Waals surface area (Å²) in [7, 11) is 1.60. The highest BCUT2D eigenvalue weighted by atomic mass is 32.1. The molecule has 1 aliphatic heterocycles. The predicted octanol–water partition coefficient (Wildman–Crippen LogP) is 2.57. The first-order valence-corrected chi connectivity index (χ1v) is 9.18. The summed E-state index contributed by atoms with van der Waals surface area (Å²) in [5, 5.41) is 2.09. The summed E-state index contributed by atoms with van der Waals surface area (Å²) in [6.07, 6.45) is 0.456. The van der Waals surface area contributed by atoms with Crippen LogP contribution >= 0.6 is 11.3 Å². The lowest BCUT2D eigenvalue weighted by Crippen LogP contribution is -2.38. The van der Waals surface area contributed by atoms with Gasteiger partial charge >= 0.3 is 0 Å². The van der Waals surface area contributed by atoms with Gasteiger partial charge in [0.2, 0.25) is 0 Å². The third kappa shape index (κ3) is 4.20. The summed E-state index contributed by atoms with van der Waals surface area (Å²) in [6, 6.07) is 9.71. The molecule has 5 nitrogen and oxygen atoms in total. The van der Waals surface area contributed by atoms with Crippen LogP contribution in [0.5, 0.6) is 0 Å². The van der Waals surface area contributed by atoms with Crippen molar-refractivity contribution in [3.8, 4) is 0 Å². The van der Waals surface area contributed by atoms with Crippen LogP contribution in [0.2, 0.25) is 0 Å². The van der Waals surface area contributed by atoms with Gasteiger partial charge in [-0.2, -0.15) is 0 Å². The fourth-order valence-electron chi connectivity index (χ4n) is 3.07. The first-order valence-electron chi connectivity index (χ1n) is 8.24. The van der Waals surface area contributed by atoms with Gasteiger partial charge in [-0.25, -0.2) is 4.98 Å². The van der Waals surface area contributed by atoms with Gasteiger partial charge in [0.1, 0.15) is 0 Å². The van der Waals surface area contributed by atoms with Crippen molar-refractivity contribution in [3.63, 3.8) is 0 Å². The number of amides is 1. The zero-order chi connectivity index (χ0) is 16.8. The van der Waals surface area contributed by atoms with Gasteiger partial charge in [-0.1, -0.05) is 30.3 Å². The molecule has 1 atom stereocenters. The minimum Gasteiger partial charge on any atom is -0.367 e. The van der Waals surface area contributed by atoms with E-state index >= 15 is 0 Å². The topological polar surface area (TPSA) is 45.7 Å². The lowest BCUT2D eigenvalue weighted by atomic mass is 10.1. The van der Waals surface area contributed by atoms with Gasteiger partial charge in [-0.05, 0) is 12.0 Å². The molecular weight excluding hydrogens is 322 g/mol. The number of hydrogen-bond acceptors (Lipinski definition) is 5. The number of benzene rings is 1. The molecule has 128 valence electrons. The van der Waals surface area contributed by atoms with E-state index in [1.54, 1.807) is 18.4 Å². The number of nitrogens with zero attached hydrogens (tertiary/aromatic N) is 3.